The first-order chi connectivity index (χ1) is 12.0. The molecule has 6 heteroatoms. The highest BCUT2D eigenvalue weighted by atomic mass is 16.5. The molecular formula is C19H26N4O2. The normalized spacial score (nSPS) is 17.0. The Balaban J connectivity index is 1.60. The van der Waals surface area contributed by atoms with Crippen LogP contribution in [0.2, 0.25) is 0 Å². The molecule has 1 unspecified atom stereocenters. The van der Waals surface area contributed by atoms with E-state index in [0.717, 1.165) is 49.7 Å². The number of aromatic nitrogens is 1. The highest BCUT2D eigenvalue weighted by Crippen LogP contribution is 2.22. The molecular weight excluding hydrogens is 316 g/mol. The summed E-state index contributed by atoms with van der Waals surface area (Å²) in [5, 5.41) is 3.93. The molecule has 3 rings (SSSR count). The number of hydrogen-bond donors (Lipinski definition) is 0. The van der Waals surface area contributed by atoms with Gasteiger partial charge < -0.3 is 9.42 Å². The van der Waals surface area contributed by atoms with Crippen molar-refractivity contribution in [3.8, 4) is 0 Å². The van der Waals surface area contributed by atoms with Crippen molar-refractivity contribution < 1.29 is 9.32 Å². The van der Waals surface area contributed by atoms with Gasteiger partial charge in [-0.05, 0) is 26.6 Å². The van der Waals surface area contributed by atoms with Gasteiger partial charge in [-0.3, -0.25) is 14.6 Å². The van der Waals surface area contributed by atoms with Crippen molar-refractivity contribution in [2.24, 2.45) is 0 Å². The van der Waals surface area contributed by atoms with E-state index in [0.29, 0.717) is 0 Å². The zero-order chi connectivity index (χ0) is 17.8. The summed E-state index contributed by atoms with van der Waals surface area (Å²) >= 11 is 0. The molecule has 0 N–H and O–H groups in total. The maximum absolute atomic E-state index is 13.0. The fraction of sp³-hybridized carbons (Fsp3) is 0.474. The average molecular weight is 342 g/mol. The molecule has 1 aliphatic rings. The first-order valence-electron chi connectivity index (χ1n) is 8.69. The lowest BCUT2D eigenvalue weighted by Gasteiger charge is -2.37. The van der Waals surface area contributed by atoms with Crippen molar-refractivity contribution in [3.63, 3.8) is 0 Å². The third kappa shape index (κ3) is 4.27. The van der Waals surface area contributed by atoms with Gasteiger partial charge in [-0.25, -0.2) is 0 Å². The molecule has 1 fully saturated rings. The highest BCUT2D eigenvalue weighted by Gasteiger charge is 2.30. The van der Waals surface area contributed by atoms with Crippen LogP contribution in [0.1, 0.15) is 23.1 Å². The van der Waals surface area contributed by atoms with Gasteiger partial charge in [0.25, 0.3) is 0 Å². The van der Waals surface area contributed by atoms with Crippen LogP contribution in [0.25, 0.3) is 0 Å². The summed E-state index contributed by atoms with van der Waals surface area (Å²) in [6, 6.07) is 11.7. The topological polar surface area (TPSA) is 52.8 Å². The molecule has 0 aliphatic carbocycles. The number of nitrogens with zero attached hydrogens (tertiary/aromatic N) is 4. The molecule has 1 aliphatic heterocycles. The first kappa shape index (κ1) is 17.6. The lowest BCUT2D eigenvalue weighted by atomic mass is 10.0. The lowest BCUT2D eigenvalue weighted by Crippen LogP contribution is -2.51. The number of piperazine rings is 1. The Morgan fingerprint density at radius 3 is 2.44 bits per heavy atom. The van der Waals surface area contributed by atoms with E-state index in [-0.39, 0.29) is 11.9 Å². The number of carbonyl (C=O) groups excluding carboxylic acids is 1. The van der Waals surface area contributed by atoms with Crippen molar-refractivity contribution >= 4 is 5.91 Å². The molecule has 2 aromatic rings. The predicted molar refractivity (Wildman–Crippen MR) is 96.0 cm³/mol. The van der Waals surface area contributed by atoms with E-state index in [2.05, 4.69) is 10.1 Å². The van der Waals surface area contributed by atoms with Crippen LogP contribution in [-0.2, 0) is 11.3 Å². The predicted octanol–water partition coefficient (Wildman–Crippen LogP) is 1.93. The van der Waals surface area contributed by atoms with Gasteiger partial charge in [0.05, 0.1) is 12.2 Å². The van der Waals surface area contributed by atoms with Crippen LogP contribution in [0.4, 0.5) is 0 Å². The number of aryl methyl sites for hydroxylation is 1. The molecule has 1 aromatic carbocycles. The summed E-state index contributed by atoms with van der Waals surface area (Å²) in [7, 11) is 3.91. The second-order valence-corrected chi connectivity index (χ2v) is 6.81. The minimum absolute atomic E-state index is 0.173. The quantitative estimate of drug-likeness (QED) is 0.831. The van der Waals surface area contributed by atoms with Crippen molar-refractivity contribution in [3.05, 3.63) is 53.4 Å². The number of rotatable bonds is 5. The Morgan fingerprint density at radius 2 is 1.88 bits per heavy atom. The largest absolute Gasteiger partial charge is 0.360 e. The van der Waals surface area contributed by atoms with Crippen LogP contribution in [0, 0.1) is 6.92 Å². The van der Waals surface area contributed by atoms with E-state index in [1.807, 2.05) is 67.2 Å². The third-order valence-electron chi connectivity index (χ3n) is 4.61. The summed E-state index contributed by atoms with van der Waals surface area (Å²) in [5.74, 6) is 1.05. The van der Waals surface area contributed by atoms with Gasteiger partial charge in [-0.2, -0.15) is 0 Å². The van der Waals surface area contributed by atoms with Crippen LogP contribution < -0.4 is 0 Å². The van der Waals surface area contributed by atoms with Crippen LogP contribution >= 0.6 is 0 Å². The molecule has 0 spiro atoms. The summed E-state index contributed by atoms with van der Waals surface area (Å²) in [4.78, 5) is 19.3. The van der Waals surface area contributed by atoms with Gasteiger partial charge in [-0.15, -0.1) is 0 Å². The number of likely N-dealkylation sites (N-methyl/N-ethyl adjacent to an activating group) is 1. The smallest absolute Gasteiger partial charge is 0.244 e. The van der Waals surface area contributed by atoms with Crippen LogP contribution in [0.15, 0.2) is 40.9 Å². The number of carbonyl (C=O) groups is 1. The van der Waals surface area contributed by atoms with Crippen LogP contribution in [-0.4, -0.2) is 66.0 Å². The Bertz CT molecular complexity index is 690. The van der Waals surface area contributed by atoms with Crippen molar-refractivity contribution in [2.75, 3.05) is 40.3 Å². The Labute approximate surface area is 149 Å². The van der Waals surface area contributed by atoms with E-state index >= 15 is 0 Å². The average Bonchev–Trinajstić information content (AvgIpc) is 3.01. The minimum Gasteiger partial charge on any atom is -0.360 e. The summed E-state index contributed by atoms with van der Waals surface area (Å²) in [5.41, 5.74) is 1.94. The van der Waals surface area contributed by atoms with E-state index in [1.54, 1.807) is 0 Å². The molecule has 0 radical (unpaired) electrons. The Kier molecular flexibility index (Phi) is 5.50. The molecule has 0 saturated carbocycles. The fourth-order valence-electron chi connectivity index (χ4n) is 3.31. The monoisotopic (exact) mass is 342 g/mol. The summed E-state index contributed by atoms with van der Waals surface area (Å²) in [6.45, 7) is 5.85. The van der Waals surface area contributed by atoms with E-state index in [4.69, 9.17) is 4.52 Å². The zero-order valence-corrected chi connectivity index (χ0v) is 15.2. The molecule has 0 bridgehead atoms. The Hall–Kier alpha value is -2.18. The minimum atomic E-state index is -0.232. The highest BCUT2D eigenvalue weighted by molar-refractivity contribution is 5.83. The molecule has 134 valence electrons. The van der Waals surface area contributed by atoms with Crippen molar-refractivity contribution in [1.29, 1.82) is 0 Å². The van der Waals surface area contributed by atoms with Gasteiger partial charge in [0, 0.05) is 32.2 Å². The Morgan fingerprint density at radius 1 is 1.20 bits per heavy atom. The molecule has 1 amide bonds. The van der Waals surface area contributed by atoms with E-state index < -0.39 is 0 Å². The van der Waals surface area contributed by atoms with Gasteiger partial charge in [0.15, 0.2) is 5.76 Å². The number of benzene rings is 1. The molecule has 6 nitrogen and oxygen atoms in total. The van der Waals surface area contributed by atoms with Crippen molar-refractivity contribution in [1.82, 2.24) is 19.9 Å². The molecule has 1 atom stereocenters. The SMILES string of the molecule is Cc1cc(CN2CCN(C(=O)C(c3ccccc3)N(C)C)CC2)on1. The van der Waals surface area contributed by atoms with Gasteiger partial charge in [0.1, 0.15) is 6.04 Å². The van der Waals surface area contributed by atoms with Gasteiger partial charge in [0.2, 0.25) is 5.91 Å². The fourth-order valence-corrected chi connectivity index (χ4v) is 3.31. The number of hydrogen-bond acceptors (Lipinski definition) is 5. The van der Waals surface area contributed by atoms with Crippen molar-refractivity contribution in [2.45, 2.75) is 19.5 Å². The molecule has 2 heterocycles. The second-order valence-electron chi connectivity index (χ2n) is 6.81. The van der Waals surface area contributed by atoms with Gasteiger partial charge >= 0.3 is 0 Å². The lowest BCUT2D eigenvalue weighted by molar-refractivity contribution is -0.138. The molecule has 1 aromatic heterocycles. The molecule has 25 heavy (non-hydrogen) atoms. The summed E-state index contributed by atoms with van der Waals surface area (Å²) < 4.78 is 5.29. The maximum Gasteiger partial charge on any atom is 0.244 e. The maximum atomic E-state index is 13.0. The van der Waals surface area contributed by atoms with Gasteiger partial charge in [-0.1, -0.05) is 35.5 Å². The zero-order valence-electron chi connectivity index (χ0n) is 15.2. The van der Waals surface area contributed by atoms with E-state index in [9.17, 15) is 4.79 Å². The third-order valence-corrected chi connectivity index (χ3v) is 4.61. The standard InChI is InChI=1S/C19H26N4O2/c1-15-13-17(25-20-15)14-22-9-11-23(12-10-22)19(24)18(21(2)3)16-7-5-4-6-8-16/h4-8,13,18H,9-12,14H2,1-3H3. The van der Waals surface area contributed by atoms with Crippen LogP contribution in [0.5, 0.6) is 0 Å². The first-order valence-corrected chi connectivity index (χ1v) is 8.69. The molecule has 1 saturated heterocycles. The summed E-state index contributed by atoms with van der Waals surface area (Å²) in [6.07, 6.45) is 0. The van der Waals surface area contributed by atoms with Crippen LogP contribution in [0.3, 0.4) is 0 Å². The number of amides is 1. The second kappa shape index (κ2) is 7.80. The van der Waals surface area contributed by atoms with E-state index in [1.165, 1.54) is 0 Å².